The molecule has 2 aliphatic rings. The van der Waals surface area contributed by atoms with Crippen LogP contribution in [0.3, 0.4) is 0 Å². The number of amides is 2. The first-order chi connectivity index (χ1) is 15.6. The number of rotatable bonds is 4. The highest BCUT2D eigenvalue weighted by molar-refractivity contribution is 6.00. The lowest BCUT2D eigenvalue weighted by molar-refractivity contribution is -0.136. The van der Waals surface area contributed by atoms with Crippen molar-refractivity contribution in [3.63, 3.8) is 0 Å². The van der Waals surface area contributed by atoms with Crippen molar-refractivity contribution in [3.8, 4) is 11.4 Å². The predicted octanol–water partition coefficient (Wildman–Crippen LogP) is 3.63. The number of likely N-dealkylation sites (tertiary alicyclic amines) is 1. The van der Waals surface area contributed by atoms with Gasteiger partial charge in [-0.1, -0.05) is 23.4 Å². The van der Waals surface area contributed by atoms with Crippen LogP contribution < -0.4 is 4.90 Å². The minimum absolute atomic E-state index is 0.0105. The molecule has 0 unspecified atom stereocenters. The fourth-order valence-corrected chi connectivity index (χ4v) is 4.45. The van der Waals surface area contributed by atoms with Gasteiger partial charge in [-0.2, -0.15) is 4.98 Å². The van der Waals surface area contributed by atoms with Crippen LogP contribution in [0.15, 0.2) is 59.1 Å². The number of para-hydroxylation sites is 1. The molecule has 2 saturated heterocycles. The summed E-state index contributed by atoms with van der Waals surface area (Å²) in [6.45, 7) is 1.61. The largest absolute Gasteiger partial charge is 0.342 e. The zero-order valence-corrected chi connectivity index (χ0v) is 17.5. The number of halogens is 1. The first-order valence-corrected chi connectivity index (χ1v) is 10.8. The quantitative estimate of drug-likeness (QED) is 0.627. The van der Waals surface area contributed by atoms with Gasteiger partial charge in [-0.25, -0.2) is 4.39 Å². The van der Waals surface area contributed by atoms with Gasteiger partial charge in [0.1, 0.15) is 5.82 Å². The molecule has 0 radical (unpaired) electrons. The van der Waals surface area contributed by atoms with Crippen LogP contribution in [0.25, 0.3) is 11.4 Å². The van der Waals surface area contributed by atoms with Gasteiger partial charge >= 0.3 is 0 Å². The third kappa shape index (κ3) is 4.00. The number of aromatic nitrogens is 2. The third-order valence-electron chi connectivity index (χ3n) is 6.24. The third-order valence-corrected chi connectivity index (χ3v) is 6.24. The van der Waals surface area contributed by atoms with Crippen LogP contribution >= 0.6 is 0 Å². The molecule has 7 nitrogen and oxygen atoms in total. The predicted molar refractivity (Wildman–Crippen MR) is 115 cm³/mol. The number of hydrogen-bond acceptors (Lipinski definition) is 5. The van der Waals surface area contributed by atoms with Crippen molar-refractivity contribution in [1.29, 1.82) is 0 Å². The Morgan fingerprint density at radius 1 is 1.03 bits per heavy atom. The number of hydrogen-bond donors (Lipinski definition) is 0. The molecule has 0 spiro atoms. The molecule has 1 atom stereocenters. The average molecular weight is 434 g/mol. The van der Waals surface area contributed by atoms with Gasteiger partial charge in [0.25, 0.3) is 0 Å². The van der Waals surface area contributed by atoms with Gasteiger partial charge in [0, 0.05) is 43.2 Å². The van der Waals surface area contributed by atoms with E-state index >= 15 is 0 Å². The van der Waals surface area contributed by atoms with Crippen LogP contribution in [0.1, 0.15) is 31.1 Å². The molecular formula is C24H23FN4O3. The van der Waals surface area contributed by atoms with E-state index in [0.29, 0.717) is 36.9 Å². The van der Waals surface area contributed by atoms with Gasteiger partial charge in [-0.3, -0.25) is 9.59 Å². The second-order valence-electron chi connectivity index (χ2n) is 8.30. The Morgan fingerprint density at radius 3 is 2.47 bits per heavy atom. The number of nitrogens with zero attached hydrogens (tertiary/aromatic N) is 4. The zero-order chi connectivity index (χ0) is 22.1. The second-order valence-corrected chi connectivity index (χ2v) is 8.30. The van der Waals surface area contributed by atoms with Gasteiger partial charge in [0.2, 0.25) is 23.5 Å². The molecule has 164 valence electrons. The lowest BCUT2D eigenvalue weighted by atomic mass is 9.95. The summed E-state index contributed by atoms with van der Waals surface area (Å²) in [6.07, 6.45) is 1.69. The van der Waals surface area contributed by atoms with Crippen LogP contribution in [0.2, 0.25) is 0 Å². The van der Waals surface area contributed by atoms with E-state index < -0.39 is 0 Å². The van der Waals surface area contributed by atoms with E-state index in [0.717, 1.165) is 18.5 Å². The first kappa shape index (κ1) is 20.4. The van der Waals surface area contributed by atoms with Gasteiger partial charge in [0.15, 0.2) is 0 Å². The number of carbonyl (C=O) groups excluding carboxylic acids is 2. The highest BCUT2D eigenvalue weighted by Gasteiger charge is 2.38. The van der Waals surface area contributed by atoms with E-state index in [1.807, 2.05) is 35.2 Å². The molecule has 2 fully saturated rings. The maximum absolute atomic E-state index is 13.1. The van der Waals surface area contributed by atoms with E-state index in [9.17, 15) is 14.0 Å². The smallest absolute Gasteiger partial charge is 0.230 e. The number of piperidine rings is 1. The molecule has 5 rings (SSSR count). The van der Waals surface area contributed by atoms with Crippen molar-refractivity contribution in [2.45, 2.75) is 25.2 Å². The molecular weight excluding hydrogens is 411 g/mol. The second kappa shape index (κ2) is 8.53. The fourth-order valence-electron chi connectivity index (χ4n) is 4.45. The molecule has 2 aliphatic heterocycles. The molecule has 8 heteroatoms. The van der Waals surface area contributed by atoms with Crippen LogP contribution in [-0.2, 0) is 9.59 Å². The zero-order valence-electron chi connectivity index (χ0n) is 17.5. The van der Waals surface area contributed by atoms with Crippen LogP contribution in [-0.4, -0.2) is 46.5 Å². The Kier molecular flexibility index (Phi) is 5.43. The molecule has 1 aromatic heterocycles. The SMILES string of the molecule is O=C([C@@H]1CC(=O)N(c2ccccc2)C1)N1CCC(c2nc(-c3ccc(F)cc3)no2)CC1. The molecule has 0 bridgehead atoms. The van der Waals surface area contributed by atoms with Crippen LogP contribution in [0.4, 0.5) is 10.1 Å². The first-order valence-electron chi connectivity index (χ1n) is 10.8. The van der Waals surface area contributed by atoms with Crippen molar-refractivity contribution in [2.75, 3.05) is 24.5 Å². The van der Waals surface area contributed by atoms with Crippen molar-refractivity contribution in [2.24, 2.45) is 5.92 Å². The van der Waals surface area contributed by atoms with Crippen molar-refractivity contribution in [3.05, 3.63) is 66.3 Å². The molecule has 0 aliphatic carbocycles. The van der Waals surface area contributed by atoms with Crippen molar-refractivity contribution < 1.29 is 18.5 Å². The number of benzene rings is 2. The summed E-state index contributed by atoms with van der Waals surface area (Å²) in [5, 5.41) is 4.02. The maximum Gasteiger partial charge on any atom is 0.230 e. The minimum Gasteiger partial charge on any atom is -0.342 e. The molecule has 0 N–H and O–H groups in total. The lowest BCUT2D eigenvalue weighted by Crippen LogP contribution is -2.42. The van der Waals surface area contributed by atoms with Gasteiger partial charge in [-0.05, 0) is 49.2 Å². The highest BCUT2D eigenvalue weighted by Crippen LogP contribution is 2.31. The summed E-state index contributed by atoms with van der Waals surface area (Å²) >= 11 is 0. The minimum atomic E-state index is -0.314. The molecule has 2 aromatic carbocycles. The Hall–Kier alpha value is -3.55. The number of anilines is 1. The van der Waals surface area contributed by atoms with Crippen molar-refractivity contribution in [1.82, 2.24) is 15.0 Å². The normalized spacial score (nSPS) is 19.5. The topological polar surface area (TPSA) is 79.5 Å². The van der Waals surface area contributed by atoms with Crippen LogP contribution in [0.5, 0.6) is 0 Å². The Bertz CT molecular complexity index is 1110. The summed E-state index contributed by atoms with van der Waals surface area (Å²) in [5.74, 6) is 0.452. The summed E-state index contributed by atoms with van der Waals surface area (Å²) in [6, 6.07) is 15.4. The molecule has 0 saturated carbocycles. The Morgan fingerprint density at radius 2 is 1.75 bits per heavy atom. The standard InChI is InChI=1S/C24H23FN4O3/c25-19-8-6-16(7-9-19)22-26-23(32-27-22)17-10-12-28(13-11-17)24(31)18-14-21(30)29(15-18)20-4-2-1-3-5-20/h1-9,17-18H,10-15H2/t18-/m1/s1. The summed E-state index contributed by atoms with van der Waals surface area (Å²) in [7, 11) is 0. The average Bonchev–Trinajstić information content (AvgIpc) is 3.47. The van der Waals surface area contributed by atoms with E-state index in [1.165, 1.54) is 12.1 Å². The Labute approximate surface area is 184 Å². The summed E-state index contributed by atoms with van der Waals surface area (Å²) in [4.78, 5) is 33.5. The molecule has 32 heavy (non-hydrogen) atoms. The molecule has 2 amide bonds. The fraction of sp³-hybridized carbons (Fsp3) is 0.333. The van der Waals surface area contributed by atoms with Crippen molar-refractivity contribution >= 4 is 17.5 Å². The van der Waals surface area contributed by atoms with Gasteiger partial charge < -0.3 is 14.3 Å². The van der Waals surface area contributed by atoms with E-state index in [4.69, 9.17) is 4.52 Å². The Balaban J connectivity index is 1.19. The van der Waals surface area contributed by atoms with E-state index in [-0.39, 0.29) is 35.9 Å². The monoisotopic (exact) mass is 434 g/mol. The molecule has 3 aromatic rings. The molecule has 3 heterocycles. The highest BCUT2D eigenvalue weighted by atomic mass is 19.1. The van der Waals surface area contributed by atoms with Gasteiger partial charge in [0.05, 0.1) is 5.92 Å². The summed E-state index contributed by atoms with van der Waals surface area (Å²) < 4.78 is 18.6. The lowest BCUT2D eigenvalue weighted by Gasteiger charge is -2.32. The van der Waals surface area contributed by atoms with Gasteiger partial charge in [-0.15, -0.1) is 0 Å². The van der Waals surface area contributed by atoms with Crippen LogP contribution in [0, 0.1) is 11.7 Å². The summed E-state index contributed by atoms with van der Waals surface area (Å²) in [5.41, 5.74) is 1.53. The van der Waals surface area contributed by atoms with E-state index in [2.05, 4.69) is 10.1 Å². The number of carbonyl (C=O) groups is 2. The maximum atomic E-state index is 13.1. The van der Waals surface area contributed by atoms with E-state index in [1.54, 1.807) is 17.0 Å².